The van der Waals surface area contributed by atoms with Crippen LogP contribution < -0.4 is 16.0 Å². The highest BCUT2D eigenvalue weighted by molar-refractivity contribution is 6.03. The lowest BCUT2D eigenvalue weighted by Gasteiger charge is -2.08. The summed E-state index contributed by atoms with van der Waals surface area (Å²) in [6, 6.07) is 14.0. The molecule has 2 amide bonds. The Morgan fingerprint density at radius 1 is 0.852 bits per heavy atom. The van der Waals surface area contributed by atoms with E-state index in [1.165, 1.54) is 31.5 Å². The molecule has 0 aliphatic rings. The van der Waals surface area contributed by atoms with Gasteiger partial charge in [0.1, 0.15) is 23.7 Å². The summed E-state index contributed by atoms with van der Waals surface area (Å²) in [4.78, 5) is 31.4. The summed E-state index contributed by atoms with van der Waals surface area (Å²) in [5.74, 6) is -0.517. The molecule has 0 fully saturated rings. The van der Waals surface area contributed by atoms with Crippen LogP contribution in [0.1, 0.15) is 17.4 Å². The second-order valence-corrected chi connectivity index (χ2v) is 5.63. The van der Waals surface area contributed by atoms with Gasteiger partial charge in [-0.25, -0.2) is 14.4 Å². The number of carbonyl (C=O) groups is 2. The Morgan fingerprint density at radius 3 is 2.07 bits per heavy atom. The lowest BCUT2D eigenvalue weighted by molar-refractivity contribution is -0.114. The quantitative estimate of drug-likeness (QED) is 0.642. The average molecular weight is 365 g/mol. The summed E-state index contributed by atoms with van der Waals surface area (Å²) < 4.78 is 13.0. The molecule has 3 N–H and O–H groups in total. The molecule has 136 valence electrons. The minimum Gasteiger partial charge on any atom is -0.340 e. The molecule has 0 saturated heterocycles. The molecule has 2 aromatic carbocycles. The van der Waals surface area contributed by atoms with Crippen LogP contribution in [0.3, 0.4) is 0 Å². The van der Waals surface area contributed by atoms with Crippen molar-refractivity contribution in [1.82, 2.24) is 9.97 Å². The van der Waals surface area contributed by atoms with Gasteiger partial charge in [0.05, 0.1) is 0 Å². The van der Waals surface area contributed by atoms with Crippen LogP contribution in [-0.2, 0) is 4.79 Å². The Balaban J connectivity index is 1.67. The summed E-state index contributed by atoms with van der Waals surface area (Å²) in [6.45, 7) is 1.42. The van der Waals surface area contributed by atoms with E-state index in [1.807, 2.05) is 0 Å². The highest BCUT2D eigenvalue weighted by Crippen LogP contribution is 2.17. The van der Waals surface area contributed by atoms with Gasteiger partial charge in [0, 0.05) is 30.1 Å². The van der Waals surface area contributed by atoms with Crippen molar-refractivity contribution >= 4 is 34.7 Å². The minimum atomic E-state index is -0.410. The van der Waals surface area contributed by atoms with Gasteiger partial charge in [-0.1, -0.05) is 0 Å². The molecule has 0 unspecified atom stereocenters. The van der Waals surface area contributed by atoms with Crippen LogP contribution in [0, 0.1) is 5.82 Å². The summed E-state index contributed by atoms with van der Waals surface area (Å²) in [7, 11) is 0. The van der Waals surface area contributed by atoms with Crippen LogP contribution >= 0.6 is 0 Å². The zero-order chi connectivity index (χ0) is 19.2. The SMILES string of the molecule is CC(=O)Nc1ccc(NC(=O)c2cc(Nc3ccc(F)cc3)ncn2)cc1. The molecule has 3 rings (SSSR count). The number of hydrogen-bond donors (Lipinski definition) is 3. The topological polar surface area (TPSA) is 96.0 Å². The number of benzene rings is 2. The van der Waals surface area contributed by atoms with Crippen molar-refractivity contribution in [1.29, 1.82) is 0 Å². The van der Waals surface area contributed by atoms with Crippen molar-refractivity contribution in [3.05, 3.63) is 72.4 Å². The third kappa shape index (κ3) is 5.08. The van der Waals surface area contributed by atoms with E-state index in [1.54, 1.807) is 36.4 Å². The number of hydrogen-bond acceptors (Lipinski definition) is 5. The van der Waals surface area contributed by atoms with Gasteiger partial charge in [-0.3, -0.25) is 9.59 Å². The van der Waals surface area contributed by atoms with E-state index in [2.05, 4.69) is 25.9 Å². The van der Waals surface area contributed by atoms with E-state index >= 15 is 0 Å². The van der Waals surface area contributed by atoms with E-state index in [9.17, 15) is 14.0 Å². The van der Waals surface area contributed by atoms with Crippen molar-refractivity contribution in [3.8, 4) is 0 Å². The first kappa shape index (κ1) is 18.0. The summed E-state index contributed by atoms with van der Waals surface area (Å²) in [6.07, 6.45) is 1.26. The number of halogens is 1. The monoisotopic (exact) mass is 365 g/mol. The van der Waals surface area contributed by atoms with Crippen LogP contribution in [0.15, 0.2) is 60.9 Å². The largest absolute Gasteiger partial charge is 0.340 e. The third-order valence-corrected chi connectivity index (χ3v) is 3.48. The first-order valence-corrected chi connectivity index (χ1v) is 8.03. The standard InChI is InChI=1S/C19H16FN5O2/c1-12(26)23-14-6-8-16(9-7-14)25-19(27)17-10-18(22-11-21-17)24-15-4-2-13(20)3-5-15/h2-11H,1H3,(H,23,26)(H,25,27)(H,21,22,24). The number of carbonyl (C=O) groups excluding carboxylic acids is 2. The fourth-order valence-electron chi connectivity index (χ4n) is 2.27. The van der Waals surface area contributed by atoms with E-state index in [0.29, 0.717) is 22.9 Å². The van der Waals surface area contributed by atoms with E-state index < -0.39 is 5.91 Å². The van der Waals surface area contributed by atoms with E-state index in [0.717, 1.165) is 0 Å². The number of aromatic nitrogens is 2. The Bertz CT molecular complexity index is 959. The third-order valence-electron chi connectivity index (χ3n) is 3.48. The molecule has 1 aromatic heterocycles. The van der Waals surface area contributed by atoms with Gasteiger partial charge in [0.2, 0.25) is 5.91 Å². The Morgan fingerprint density at radius 2 is 1.44 bits per heavy atom. The Hall–Kier alpha value is -3.81. The first-order chi connectivity index (χ1) is 13.0. The van der Waals surface area contributed by atoms with Gasteiger partial charge < -0.3 is 16.0 Å². The molecule has 0 aliphatic heterocycles. The number of nitrogens with one attached hydrogen (secondary N) is 3. The number of anilines is 4. The molecule has 3 aromatic rings. The summed E-state index contributed by atoms with van der Waals surface area (Å²) in [5.41, 5.74) is 1.99. The van der Waals surface area contributed by atoms with Gasteiger partial charge in [0.15, 0.2) is 0 Å². The van der Waals surface area contributed by atoms with Crippen LogP contribution in [-0.4, -0.2) is 21.8 Å². The van der Waals surface area contributed by atoms with Gasteiger partial charge in [-0.15, -0.1) is 0 Å². The molecule has 0 aliphatic carbocycles. The molecular weight excluding hydrogens is 349 g/mol. The molecule has 0 atom stereocenters. The lowest BCUT2D eigenvalue weighted by Crippen LogP contribution is -2.14. The Labute approximate surface area is 154 Å². The van der Waals surface area contributed by atoms with Crippen LogP contribution in [0.2, 0.25) is 0 Å². The zero-order valence-electron chi connectivity index (χ0n) is 14.4. The molecule has 0 radical (unpaired) electrons. The van der Waals surface area contributed by atoms with Crippen molar-refractivity contribution in [2.24, 2.45) is 0 Å². The van der Waals surface area contributed by atoms with Crippen molar-refractivity contribution < 1.29 is 14.0 Å². The number of rotatable bonds is 5. The lowest BCUT2D eigenvalue weighted by atomic mass is 10.2. The average Bonchev–Trinajstić information content (AvgIpc) is 2.65. The van der Waals surface area contributed by atoms with Crippen molar-refractivity contribution in [2.75, 3.05) is 16.0 Å². The maximum atomic E-state index is 13.0. The maximum absolute atomic E-state index is 13.0. The van der Waals surface area contributed by atoms with Crippen LogP contribution in [0.5, 0.6) is 0 Å². The van der Waals surface area contributed by atoms with Gasteiger partial charge in [-0.2, -0.15) is 0 Å². The smallest absolute Gasteiger partial charge is 0.274 e. The zero-order valence-corrected chi connectivity index (χ0v) is 14.4. The van der Waals surface area contributed by atoms with Crippen LogP contribution in [0.25, 0.3) is 0 Å². The fourth-order valence-corrected chi connectivity index (χ4v) is 2.27. The molecule has 0 bridgehead atoms. The van der Waals surface area contributed by atoms with Crippen molar-refractivity contribution in [2.45, 2.75) is 6.92 Å². The second-order valence-electron chi connectivity index (χ2n) is 5.63. The maximum Gasteiger partial charge on any atom is 0.274 e. The molecule has 8 heteroatoms. The van der Waals surface area contributed by atoms with Crippen LogP contribution in [0.4, 0.5) is 27.3 Å². The number of amides is 2. The predicted molar refractivity (Wildman–Crippen MR) is 100 cm³/mol. The Kier molecular flexibility index (Phi) is 5.36. The molecule has 1 heterocycles. The van der Waals surface area contributed by atoms with E-state index in [4.69, 9.17) is 0 Å². The van der Waals surface area contributed by atoms with Gasteiger partial charge >= 0.3 is 0 Å². The highest BCUT2D eigenvalue weighted by atomic mass is 19.1. The molecule has 0 spiro atoms. The van der Waals surface area contributed by atoms with Crippen molar-refractivity contribution in [3.63, 3.8) is 0 Å². The molecule has 27 heavy (non-hydrogen) atoms. The summed E-state index contributed by atoms with van der Waals surface area (Å²) in [5, 5.41) is 8.34. The molecule has 0 saturated carbocycles. The fraction of sp³-hybridized carbons (Fsp3) is 0.0526. The van der Waals surface area contributed by atoms with Gasteiger partial charge in [0.25, 0.3) is 5.91 Å². The summed E-state index contributed by atoms with van der Waals surface area (Å²) >= 11 is 0. The normalized spacial score (nSPS) is 10.1. The number of nitrogens with zero attached hydrogens (tertiary/aromatic N) is 2. The van der Waals surface area contributed by atoms with Gasteiger partial charge in [-0.05, 0) is 48.5 Å². The first-order valence-electron chi connectivity index (χ1n) is 8.03. The predicted octanol–water partition coefficient (Wildman–Crippen LogP) is 3.57. The molecular formula is C19H16FN5O2. The minimum absolute atomic E-state index is 0.167. The molecule has 7 nitrogen and oxygen atoms in total. The second kappa shape index (κ2) is 8.05. The highest BCUT2D eigenvalue weighted by Gasteiger charge is 2.10. The van der Waals surface area contributed by atoms with E-state index in [-0.39, 0.29) is 17.4 Å².